The number of hydrogen-bond acceptors (Lipinski definition) is 4. The summed E-state index contributed by atoms with van der Waals surface area (Å²) >= 11 is 5.84. The van der Waals surface area contributed by atoms with E-state index in [1.807, 2.05) is 13.8 Å². The second kappa shape index (κ2) is 9.93. The molecule has 2 amide bonds. The van der Waals surface area contributed by atoms with Crippen LogP contribution in [-0.4, -0.2) is 30.9 Å². The summed E-state index contributed by atoms with van der Waals surface area (Å²) in [6.45, 7) is 5.50. The number of esters is 1. The molecule has 0 aliphatic heterocycles. The Morgan fingerprint density at radius 3 is 2.33 bits per heavy atom. The highest BCUT2D eigenvalue weighted by Crippen LogP contribution is 2.20. The van der Waals surface area contributed by atoms with Crippen molar-refractivity contribution in [1.29, 1.82) is 0 Å². The summed E-state index contributed by atoms with van der Waals surface area (Å²) in [4.78, 5) is 34.8. The van der Waals surface area contributed by atoms with Crippen LogP contribution in [0.1, 0.15) is 38.8 Å². The lowest BCUT2D eigenvalue weighted by Crippen LogP contribution is -2.33. The van der Waals surface area contributed by atoms with E-state index in [1.165, 1.54) is 6.92 Å². The first-order valence-corrected chi connectivity index (χ1v) is 8.10. The molecule has 0 aromatic heterocycles. The van der Waals surface area contributed by atoms with Gasteiger partial charge in [-0.15, -0.1) is 0 Å². The second-order valence-corrected chi connectivity index (χ2v) is 6.30. The highest BCUT2D eigenvalue weighted by Gasteiger charge is 2.19. The number of carbonyl (C=O) groups is 3. The molecular formula is C17H23ClN2O4. The number of nitrogens with one attached hydrogen (secondary N) is 2. The van der Waals surface area contributed by atoms with Crippen molar-refractivity contribution in [3.63, 3.8) is 0 Å². The zero-order valence-corrected chi connectivity index (χ0v) is 14.9. The third-order valence-electron chi connectivity index (χ3n) is 3.09. The Bertz CT molecular complexity index is 572. The molecule has 0 aliphatic rings. The first-order valence-electron chi connectivity index (χ1n) is 7.72. The minimum atomic E-state index is -0.566. The summed E-state index contributed by atoms with van der Waals surface area (Å²) in [6.07, 6.45) is -0.0708. The van der Waals surface area contributed by atoms with Crippen molar-refractivity contribution in [2.45, 2.75) is 33.2 Å². The molecule has 0 heterocycles. The molecule has 0 bridgehead atoms. The predicted octanol–water partition coefficient (Wildman–Crippen LogP) is 2.22. The van der Waals surface area contributed by atoms with Gasteiger partial charge in [0.1, 0.15) is 0 Å². The van der Waals surface area contributed by atoms with Gasteiger partial charge < -0.3 is 15.4 Å². The molecule has 7 heteroatoms. The Kier molecular flexibility index (Phi) is 8.26. The number of carbonyl (C=O) groups excluding carboxylic acids is 3. The third kappa shape index (κ3) is 7.97. The van der Waals surface area contributed by atoms with Gasteiger partial charge in [-0.3, -0.25) is 14.4 Å². The average molecular weight is 355 g/mol. The number of amides is 2. The number of rotatable bonds is 8. The molecule has 0 saturated heterocycles. The third-order valence-corrected chi connectivity index (χ3v) is 3.34. The average Bonchev–Trinajstić information content (AvgIpc) is 2.50. The van der Waals surface area contributed by atoms with Gasteiger partial charge >= 0.3 is 5.97 Å². The summed E-state index contributed by atoms with van der Waals surface area (Å²) in [5.74, 6) is -0.862. The van der Waals surface area contributed by atoms with Gasteiger partial charge in [-0.05, 0) is 23.6 Å². The fourth-order valence-electron chi connectivity index (χ4n) is 1.93. The maximum Gasteiger partial charge on any atom is 0.308 e. The highest BCUT2D eigenvalue weighted by atomic mass is 35.5. The minimum Gasteiger partial charge on any atom is -0.456 e. The van der Waals surface area contributed by atoms with Crippen LogP contribution in [0.25, 0.3) is 0 Å². The summed E-state index contributed by atoms with van der Waals surface area (Å²) < 4.78 is 4.97. The molecule has 1 atom stereocenters. The van der Waals surface area contributed by atoms with Crippen LogP contribution < -0.4 is 10.6 Å². The van der Waals surface area contributed by atoms with Gasteiger partial charge in [-0.25, -0.2) is 0 Å². The Hall–Kier alpha value is -2.08. The Morgan fingerprint density at radius 2 is 1.79 bits per heavy atom. The van der Waals surface area contributed by atoms with E-state index in [9.17, 15) is 14.4 Å². The minimum absolute atomic E-state index is 0.0708. The number of benzene rings is 1. The fraction of sp³-hybridized carbons (Fsp3) is 0.471. The van der Waals surface area contributed by atoms with E-state index in [0.29, 0.717) is 17.5 Å². The molecule has 1 unspecified atom stereocenters. The van der Waals surface area contributed by atoms with Gasteiger partial charge in [0.2, 0.25) is 5.91 Å². The molecule has 132 valence electrons. The van der Waals surface area contributed by atoms with Gasteiger partial charge in [0.25, 0.3) is 5.91 Å². The monoisotopic (exact) mass is 354 g/mol. The molecule has 0 radical (unpaired) electrons. The van der Waals surface area contributed by atoms with E-state index in [0.717, 1.165) is 5.56 Å². The van der Waals surface area contributed by atoms with Gasteiger partial charge in [0.15, 0.2) is 6.61 Å². The lowest BCUT2D eigenvalue weighted by atomic mass is 10.0. The van der Waals surface area contributed by atoms with Crippen molar-refractivity contribution in [2.75, 3.05) is 13.2 Å². The maximum atomic E-state index is 11.9. The lowest BCUT2D eigenvalue weighted by molar-refractivity contribution is -0.149. The second-order valence-electron chi connectivity index (χ2n) is 5.87. The van der Waals surface area contributed by atoms with E-state index < -0.39 is 12.0 Å². The van der Waals surface area contributed by atoms with Crippen LogP contribution in [0.4, 0.5) is 0 Å². The van der Waals surface area contributed by atoms with E-state index in [2.05, 4.69) is 10.6 Å². The highest BCUT2D eigenvalue weighted by molar-refractivity contribution is 6.30. The van der Waals surface area contributed by atoms with Gasteiger partial charge in [-0.2, -0.15) is 0 Å². The molecule has 24 heavy (non-hydrogen) atoms. The predicted molar refractivity (Wildman–Crippen MR) is 91.4 cm³/mol. The smallest absolute Gasteiger partial charge is 0.308 e. The molecule has 1 aromatic carbocycles. The van der Waals surface area contributed by atoms with E-state index in [1.54, 1.807) is 24.3 Å². The van der Waals surface area contributed by atoms with Crippen molar-refractivity contribution >= 4 is 29.4 Å². The van der Waals surface area contributed by atoms with Gasteiger partial charge in [-0.1, -0.05) is 37.6 Å². The molecule has 1 rings (SSSR count). The Morgan fingerprint density at radius 1 is 1.17 bits per heavy atom. The van der Waals surface area contributed by atoms with Crippen LogP contribution in [0.5, 0.6) is 0 Å². The van der Waals surface area contributed by atoms with E-state index in [4.69, 9.17) is 16.3 Å². The van der Waals surface area contributed by atoms with Crippen LogP contribution in [0.3, 0.4) is 0 Å². The van der Waals surface area contributed by atoms with E-state index >= 15 is 0 Å². The molecular weight excluding hydrogens is 332 g/mol. The van der Waals surface area contributed by atoms with Crippen LogP contribution in [0.2, 0.25) is 5.02 Å². The molecule has 0 saturated carbocycles. The van der Waals surface area contributed by atoms with Crippen molar-refractivity contribution in [3.05, 3.63) is 34.9 Å². The van der Waals surface area contributed by atoms with Crippen LogP contribution >= 0.6 is 11.6 Å². The van der Waals surface area contributed by atoms with Crippen LogP contribution in [0.15, 0.2) is 24.3 Å². The normalized spacial score (nSPS) is 11.7. The first-order chi connectivity index (χ1) is 11.3. The molecule has 6 nitrogen and oxygen atoms in total. The number of ether oxygens (including phenoxy) is 1. The molecule has 0 aliphatic carbocycles. The zero-order chi connectivity index (χ0) is 18.1. The molecule has 0 spiro atoms. The SMILES string of the molecule is CC(=O)NC(CC(=O)OCC(=O)NCC(C)C)c1ccc(Cl)cc1. The first kappa shape index (κ1) is 20.0. The summed E-state index contributed by atoms with van der Waals surface area (Å²) in [7, 11) is 0. The topological polar surface area (TPSA) is 84.5 Å². The summed E-state index contributed by atoms with van der Waals surface area (Å²) in [5, 5.41) is 5.91. The molecule has 1 aromatic rings. The van der Waals surface area contributed by atoms with Crippen LogP contribution in [0, 0.1) is 5.92 Å². The quantitative estimate of drug-likeness (QED) is 0.701. The molecule has 2 N–H and O–H groups in total. The lowest BCUT2D eigenvalue weighted by Gasteiger charge is -2.17. The Labute approximate surface area is 146 Å². The summed E-state index contributed by atoms with van der Waals surface area (Å²) in [5.41, 5.74) is 0.732. The largest absolute Gasteiger partial charge is 0.456 e. The summed E-state index contributed by atoms with van der Waals surface area (Å²) in [6, 6.07) is 6.27. The maximum absolute atomic E-state index is 11.9. The fourth-order valence-corrected chi connectivity index (χ4v) is 2.06. The van der Waals surface area contributed by atoms with Gasteiger partial charge in [0, 0.05) is 18.5 Å². The standard InChI is InChI=1S/C17H23ClN2O4/c1-11(2)9-19-16(22)10-24-17(23)8-15(20-12(3)21)13-4-6-14(18)7-5-13/h4-7,11,15H,8-10H2,1-3H3,(H,19,22)(H,20,21). The van der Waals surface area contributed by atoms with Crippen molar-refractivity contribution in [1.82, 2.24) is 10.6 Å². The zero-order valence-electron chi connectivity index (χ0n) is 14.1. The van der Waals surface area contributed by atoms with Crippen molar-refractivity contribution in [2.24, 2.45) is 5.92 Å². The molecule has 0 fully saturated rings. The number of hydrogen-bond donors (Lipinski definition) is 2. The van der Waals surface area contributed by atoms with Crippen LogP contribution in [-0.2, 0) is 19.1 Å². The Balaban J connectivity index is 2.56. The number of halogens is 1. The van der Waals surface area contributed by atoms with Crippen molar-refractivity contribution in [3.8, 4) is 0 Å². The van der Waals surface area contributed by atoms with E-state index in [-0.39, 0.29) is 24.8 Å². The van der Waals surface area contributed by atoms with Crippen molar-refractivity contribution < 1.29 is 19.1 Å². The van der Waals surface area contributed by atoms with Gasteiger partial charge in [0.05, 0.1) is 12.5 Å².